The minimum absolute atomic E-state index is 0.335. The normalized spacial score (nSPS) is 21.6. The molecule has 4 heteroatoms. The Morgan fingerprint density at radius 1 is 1.39 bits per heavy atom. The highest BCUT2D eigenvalue weighted by Crippen LogP contribution is 2.14. The molecule has 0 amide bonds. The minimum atomic E-state index is 0.335. The highest BCUT2D eigenvalue weighted by molar-refractivity contribution is 5.37. The van der Waals surface area contributed by atoms with E-state index in [9.17, 15) is 0 Å². The van der Waals surface area contributed by atoms with E-state index >= 15 is 0 Å². The lowest BCUT2D eigenvalue weighted by atomic mass is 10.1. The molecule has 1 aromatic heterocycles. The van der Waals surface area contributed by atoms with Crippen molar-refractivity contribution >= 4 is 5.82 Å². The van der Waals surface area contributed by atoms with E-state index in [2.05, 4.69) is 22.0 Å². The first kappa shape index (κ1) is 13.3. The molecule has 0 unspecified atom stereocenters. The molecule has 18 heavy (non-hydrogen) atoms. The number of anilines is 1. The zero-order valence-corrected chi connectivity index (χ0v) is 11.5. The molecule has 100 valence electrons. The fourth-order valence-electron chi connectivity index (χ4n) is 2.43. The van der Waals surface area contributed by atoms with Gasteiger partial charge in [-0.25, -0.2) is 4.98 Å². The summed E-state index contributed by atoms with van der Waals surface area (Å²) in [6, 6.07) is 4.58. The van der Waals surface area contributed by atoms with Crippen molar-refractivity contribution in [2.75, 3.05) is 32.1 Å². The minimum Gasteiger partial charge on any atom is -0.363 e. The number of hydrogen-bond acceptors (Lipinski definition) is 4. The van der Waals surface area contributed by atoms with Crippen LogP contribution in [0.1, 0.15) is 24.8 Å². The largest absolute Gasteiger partial charge is 0.363 e. The van der Waals surface area contributed by atoms with Gasteiger partial charge in [-0.05, 0) is 31.0 Å². The summed E-state index contributed by atoms with van der Waals surface area (Å²) >= 11 is 0. The molecule has 0 spiro atoms. The van der Waals surface area contributed by atoms with E-state index in [4.69, 9.17) is 5.73 Å². The quantitative estimate of drug-likeness (QED) is 0.879. The van der Waals surface area contributed by atoms with Crippen molar-refractivity contribution < 1.29 is 0 Å². The summed E-state index contributed by atoms with van der Waals surface area (Å²) in [7, 11) is 4.02. The van der Waals surface area contributed by atoms with Crippen molar-refractivity contribution in [2.45, 2.75) is 31.8 Å². The Labute approximate surface area is 110 Å². The molecule has 1 aliphatic rings. The summed E-state index contributed by atoms with van der Waals surface area (Å²) in [6.45, 7) is 3.13. The first-order valence-corrected chi connectivity index (χ1v) is 6.75. The molecule has 2 N–H and O–H groups in total. The van der Waals surface area contributed by atoms with Gasteiger partial charge in [0.25, 0.3) is 0 Å². The second-order valence-electron chi connectivity index (χ2n) is 5.41. The molecule has 1 aliphatic heterocycles. The summed E-state index contributed by atoms with van der Waals surface area (Å²) in [6.07, 6.45) is 5.66. The second-order valence-corrected chi connectivity index (χ2v) is 5.41. The Morgan fingerprint density at radius 3 is 2.89 bits per heavy atom. The van der Waals surface area contributed by atoms with Gasteiger partial charge in [-0.3, -0.25) is 4.90 Å². The third-order valence-corrected chi connectivity index (χ3v) is 3.47. The Bertz CT molecular complexity index is 361. The van der Waals surface area contributed by atoms with Gasteiger partial charge in [0.1, 0.15) is 5.82 Å². The SMILES string of the molecule is CN(C)c1ccc(CN2CCCC[C@@H](N)C2)cn1. The van der Waals surface area contributed by atoms with E-state index in [1.807, 2.05) is 25.2 Å². The van der Waals surface area contributed by atoms with E-state index in [-0.39, 0.29) is 0 Å². The van der Waals surface area contributed by atoms with Crippen molar-refractivity contribution in [3.8, 4) is 0 Å². The molecule has 1 fully saturated rings. The van der Waals surface area contributed by atoms with Crippen LogP contribution in [0, 0.1) is 0 Å². The van der Waals surface area contributed by atoms with Crippen molar-refractivity contribution in [2.24, 2.45) is 5.73 Å². The molecule has 0 radical (unpaired) electrons. The predicted molar refractivity (Wildman–Crippen MR) is 75.7 cm³/mol. The molecular weight excluding hydrogens is 224 g/mol. The van der Waals surface area contributed by atoms with Crippen molar-refractivity contribution in [3.63, 3.8) is 0 Å². The first-order valence-electron chi connectivity index (χ1n) is 6.75. The van der Waals surface area contributed by atoms with Gasteiger partial charge in [-0.1, -0.05) is 12.5 Å². The van der Waals surface area contributed by atoms with Crippen LogP contribution < -0.4 is 10.6 Å². The zero-order valence-electron chi connectivity index (χ0n) is 11.5. The van der Waals surface area contributed by atoms with E-state index in [0.717, 1.165) is 31.9 Å². The predicted octanol–water partition coefficient (Wildman–Crippen LogP) is 1.46. The molecule has 1 aromatic rings. The topological polar surface area (TPSA) is 45.4 Å². The molecule has 1 atom stereocenters. The highest BCUT2D eigenvalue weighted by atomic mass is 15.1. The van der Waals surface area contributed by atoms with E-state index in [1.54, 1.807) is 0 Å². The van der Waals surface area contributed by atoms with Crippen LogP contribution >= 0.6 is 0 Å². The summed E-state index contributed by atoms with van der Waals surface area (Å²) in [5, 5.41) is 0. The van der Waals surface area contributed by atoms with Crippen LogP contribution in [0.5, 0.6) is 0 Å². The lowest BCUT2D eigenvalue weighted by molar-refractivity contribution is 0.265. The molecule has 0 bridgehead atoms. The average molecular weight is 248 g/mol. The Balaban J connectivity index is 1.95. The smallest absolute Gasteiger partial charge is 0.127 e. The number of pyridine rings is 1. The van der Waals surface area contributed by atoms with Gasteiger partial charge in [-0.2, -0.15) is 0 Å². The third-order valence-electron chi connectivity index (χ3n) is 3.47. The highest BCUT2D eigenvalue weighted by Gasteiger charge is 2.15. The van der Waals surface area contributed by atoms with Crippen LogP contribution in [-0.2, 0) is 6.54 Å². The number of hydrogen-bond donors (Lipinski definition) is 1. The monoisotopic (exact) mass is 248 g/mol. The first-order chi connectivity index (χ1) is 8.65. The number of aromatic nitrogens is 1. The summed E-state index contributed by atoms with van der Waals surface area (Å²) < 4.78 is 0. The van der Waals surface area contributed by atoms with Gasteiger partial charge >= 0.3 is 0 Å². The number of likely N-dealkylation sites (tertiary alicyclic amines) is 1. The number of nitrogens with zero attached hydrogens (tertiary/aromatic N) is 3. The summed E-state index contributed by atoms with van der Waals surface area (Å²) in [5.41, 5.74) is 7.35. The lowest BCUT2D eigenvalue weighted by Gasteiger charge is -2.22. The van der Waals surface area contributed by atoms with Gasteiger partial charge in [0.2, 0.25) is 0 Å². The maximum Gasteiger partial charge on any atom is 0.127 e. The summed E-state index contributed by atoms with van der Waals surface area (Å²) in [4.78, 5) is 8.92. The van der Waals surface area contributed by atoms with E-state index in [0.29, 0.717) is 6.04 Å². The van der Waals surface area contributed by atoms with E-state index < -0.39 is 0 Å². The molecule has 1 saturated heterocycles. The standard InChI is InChI=1S/C14H24N4/c1-17(2)14-7-6-12(9-16-14)10-18-8-4-3-5-13(15)11-18/h6-7,9,13H,3-5,8,10-11,15H2,1-2H3/t13-/m1/s1. The van der Waals surface area contributed by atoms with Crippen molar-refractivity contribution in [3.05, 3.63) is 23.9 Å². The molecule has 2 heterocycles. The maximum absolute atomic E-state index is 6.08. The second kappa shape index (κ2) is 6.16. The van der Waals surface area contributed by atoms with Crippen LogP contribution in [0.2, 0.25) is 0 Å². The van der Waals surface area contributed by atoms with Crippen molar-refractivity contribution in [1.82, 2.24) is 9.88 Å². The van der Waals surface area contributed by atoms with Crippen molar-refractivity contribution in [1.29, 1.82) is 0 Å². The van der Waals surface area contributed by atoms with E-state index in [1.165, 1.54) is 18.4 Å². The fourth-order valence-corrected chi connectivity index (χ4v) is 2.43. The Kier molecular flexibility index (Phi) is 4.55. The van der Waals surface area contributed by atoms with Crippen LogP contribution in [0.3, 0.4) is 0 Å². The average Bonchev–Trinajstić information content (AvgIpc) is 2.54. The number of rotatable bonds is 3. The maximum atomic E-state index is 6.08. The van der Waals surface area contributed by atoms with Gasteiger partial charge in [0.15, 0.2) is 0 Å². The van der Waals surface area contributed by atoms with Gasteiger partial charge in [0, 0.05) is 39.4 Å². The molecule has 4 nitrogen and oxygen atoms in total. The summed E-state index contributed by atoms with van der Waals surface area (Å²) in [5.74, 6) is 1.01. The van der Waals surface area contributed by atoms with Gasteiger partial charge in [-0.15, -0.1) is 0 Å². The lowest BCUT2D eigenvalue weighted by Crippen LogP contribution is -2.35. The third kappa shape index (κ3) is 3.68. The molecule has 0 aliphatic carbocycles. The van der Waals surface area contributed by atoms with Crippen LogP contribution in [0.25, 0.3) is 0 Å². The number of nitrogens with two attached hydrogens (primary N) is 1. The molecule has 2 rings (SSSR count). The zero-order chi connectivity index (χ0) is 13.0. The van der Waals surface area contributed by atoms with Crippen LogP contribution in [0.4, 0.5) is 5.82 Å². The fraction of sp³-hybridized carbons (Fsp3) is 0.643. The van der Waals surface area contributed by atoms with Gasteiger partial charge < -0.3 is 10.6 Å². The van der Waals surface area contributed by atoms with Crippen LogP contribution in [0.15, 0.2) is 18.3 Å². The van der Waals surface area contributed by atoms with Crippen LogP contribution in [-0.4, -0.2) is 43.1 Å². The Hall–Kier alpha value is -1.13. The Morgan fingerprint density at radius 2 is 2.22 bits per heavy atom. The molecular formula is C14H24N4. The molecule has 0 saturated carbocycles. The van der Waals surface area contributed by atoms with Gasteiger partial charge in [0.05, 0.1) is 0 Å². The molecule has 0 aromatic carbocycles.